The van der Waals surface area contributed by atoms with Gasteiger partial charge in [-0.3, -0.25) is 0 Å². The van der Waals surface area contributed by atoms with E-state index in [2.05, 4.69) is 14.7 Å². The van der Waals surface area contributed by atoms with Gasteiger partial charge in [0.25, 0.3) is 0 Å². The lowest BCUT2D eigenvalue weighted by Gasteiger charge is -2.28. The van der Waals surface area contributed by atoms with Crippen molar-refractivity contribution < 1.29 is 27.1 Å². The zero-order valence-electron chi connectivity index (χ0n) is 17.7. The van der Waals surface area contributed by atoms with Gasteiger partial charge in [0.2, 0.25) is 0 Å². The first kappa shape index (κ1) is 23.0. The van der Waals surface area contributed by atoms with E-state index >= 15 is 0 Å². The first-order valence-electron chi connectivity index (χ1n) is 9.99. The van der Waals surface area contributed by atoms with E-state index in [0.717, 1.165) is 18.2 Å². The molecule has 0 saturated carbocycles. The van der Waals surface area contributed by atoms with Crippen molar-refractivity contribution >= 4 is 23.3 Å². The molecule has 3 aromatic rings. The van der Waals surface area contributed by atoms with Gasteiger partial charge in [-0.25, -0.2) is 14.2 Å². The Bertz CT molecular complexity index is 1170. The van der Waals surface area contributed by atoms with Gasteiger partial charge in [-0.05, 0) is 60.3 Å². The second kappa shape index (κ2) is 8.62. The van der Waals surface area contributed by atoms with Crippen LogP contribution < -0.4 is 10.1 Å². The molecule has 33 heavy (non-hydrogen) atoms. The van der Waals surface area contributed by atoms with E-state index in [4.69, 9.17) is 4.74 Å². The van der Waals surface area contributed by atoms with Crippen LogP contribution in [0.3, 0.4) is 0 Å². The summed E-state index contributed by atoms with van der Waals surface area (Å²) in [6, 6.07) is 7.20. The SMILES string of the molecule is COc1ccc(C(F)(F)F)cc1NC(=O)N1CC[C@@](c2ccc(C)c(F)c2)(c2ncns2)C1. The number of nitrogens with zero attached hydrogens (tertiary/aromatic N) is 3. The molecule has 174 valence electrons. The number of alkyl halides is 3. The molecular formula is C22H20F4N4O2S. The van der Waals surface area contributed by atoms with Crippen LogP contribution in [-0.2, 0) is 11.6 Å². The van der Waals surface area contributed by atoms with E-state index in [0.29, 0.717) is 29.1 Å². The Morgan fingerprint density at radius 1 is 1.24 bits per heavy atom. The highest BCUT2D eigenvalue weighted by molar-refractivity contribution is 7.05. The van der Waals surface area contributed by atoms with Crippen LogP contribution in [0.25, 0.3) is 0 Å². The van der Waals surface area contributed by atoms with Crippen LogP contribution in [0.5, 0.6) is 5.75 Å². The molecule has 0 spiro atoms. The Kier molecular flexibility index (Phi) is 6.00. The number of halogens is 4. The van der Waals surface area contributed by atoms with Gasteiger partial charge in [0.1, 0.15) is 22.9 Å². The van der Waals surface area contributed by atoms with Crippen molar-refractivity contribution in [2.45, 2.75) is 24.9 Å². The van der Waals surface area contributed by atoms with Crippen molar-refractivity contribution in [1.29, 1.82) is 0 Å². The Morgan fingerprint density at radius 3 is 2.67 bits per heavy atom. The first-order chi connectivity index (χ1) is 15.6. The zero-order valence-corrected chi connectivity index (χ0v) is 18.6. The second-order valence-electron chi connectivity index (χ2n) is 7.81. The predicted octanol–water partition coefficient (Wildman–Crippen LogP) is 5.24. The highest BCUT2D eigenvalue weighted by Crippen LogP contribution is 2.42. The molecule has 1 aromatic heterocycles. The number of urea groups is 1. The normalized spacial score (nSPS) is 18.4. The number of aryl methyl sites for hydroxylation is 1. The summed E-state index contributed by atoms with van der Waals surface area (Å²) >= 11 is 1.17. The topological polar surface area (TPSA) is 67.3 Å². The first-order valence-corrected chi connectivity index (χ1v) is 10.8. The standard InChI is InChI=1S/C22H20F4N4O2S/c1-13-3-4-14(9-16(13)23)21(19-27-12-28-33-19)7-8-30(11-21)20(31)29-17-10-15(22(24,25)26)5-6-18(17)32-2/h3-6,9-10,12H,7-8,11H2,1-2H3,(H,29,31)/t21-/m1/s1. The largest absolute Gasteiger partial charge is 0.495 e. The minimum atomic E-state index is -4.57. The van der Waals surface area contributed by atoms with Crippen molar-refractivity contribution in [1.82, 2.24) is 14.3 Å². The number of anilines is 1. The van der Waals surface area contributed by atoms with Crippen molar-refractivity contribution in [3.05, 3.63) is 70.2 Å². The molecule has 0 bridgehead atoms. The number of nitrogens with one attached hydrogen (secondary N) is 1. The molecular weight excluding hydrogens is 460 g/mol. The average molecular weight is 480 g/mol. The van der Waals surface area contributed by atoms with Crippen LogP contribution in [0.4, 0.5) is 28.0 Å². The molecule has 1 aliphatic rings. The summed E-state index contributed by atoms with van der Waals surface area (Å²) in [7, 11) is 1.31. The number of likely N-dealkylation sites (tertiary alicyclic amines) is 1. The summed E-state index contributed by atoms with van der Waals surface area (Å²) in [5.74, 6) is -0.264. The summed E-state index contributed by atoms with van der Waals surface area (Å²) in [5, 5.41) is 3.16. The number of hydrogen-bond acceptors (Lipinski definition) is 5. The molecule has 2 heterocycles. The number of aromatic nitrogens is 2. The smallest absolute Gasteiger partial charge is 0.416 e. The maximum absolute atomic E-state index is 14.4. The number of hydrogen-bond donors (Lipinski definition) is 1. The summed E-state index contributed by atoms with van der Waals surface area (Å²) in [4.78, 5) is 18.8. The molecule has 0 aliphatic carbocycles. The molecule has 4 rings (SSSR count). The Labute approximate surface area is 191 Å². The summed E-state index contributed by atoms with van der Waals surface area (Å²) in [5.41, 5.74) is -0.611. The lowest BCUT2D eigenvalue weighted by atomic mass is 9.80. The van der Waals surface area contributed by atoms with E-state index in [1.807, 2.05) is 0 Å². The minimum absolute atomic E-state index is 0.0906. The van der Waals surface area contributed by atoms with E-state index in [1.54, 1.807) is 19.1 Å². The summed E-state index contributed by atoms with van der Waals surface area (Å²) < 4.78 is 63.0. The Balaban J connectivity index is 1.63. The van der Waals surface area contributed by atoms with Crippen LogP contribution in [0, 0.1) is 12.7 Å². The third-order valence-corrected chi connectivity index (χ3v) is 6.69. The lowest BCUT2D eigenvalue weighted by Crippen LogP contribution is -2.37. The highest BCUT2D eigenvalue weighted by atomic mass is 32.1. The van der Waals surface area contributed by atoms with Crippen LogP contribution in [0.1, 0.15) is 28.1 Å². The quantitative estimate of drug-likeness (QED) is 0.519. The number of carbonyl (C=O) groups excluding carboxylic acids is 1. The molecule has 1 N–H and O–H groups in total. The maximum atomic E-state index is 14.4. The predicted molar refractivity (Wildman–Crippen MR) is 115 cm³/mol. The number of carbonyl (C=O) groups is 1. The molecule has 0 unspecified atom stereocenters. The fourth-order valence-electron chi connectivity index (χ4n) is 3.97. The van der Waals surface area contributed by atoms with E-state index in [-0.39, 0.29) is 23.8 Å². The molecule has 1 atom stereocenters. The molecule has 6 nitrogen and oxygen atoms in total. The number of rotatable bonds is 4. The van der Waals surface area contributed by atoms with Gasteiger partial charge in [-0.2, -0.15) is 17.5 Å². The van der Waals surface area contributed by atoms with Gasteiger partial charge in [0.15, 0.2) is 0 Å². The molecule has 1 aliphatic heterocycles. The fraction of sp³-hybridized carbons (Fsp3) is 0.318. The van der Waals surface area contributed by atoms with Gasteiger partial charge < -0.3 is 15.0 Å². The summed E-state index contributed by atoms with van der Waals surface area (Å²) in [6.07, 6.45) is -2.71. The monoisotopic (exact) mass is 480 g/mol. The number of ether oxygens (including phenoxy) is 1. The zero-order chi connectivity index (χ0) is 23.8. The molecule has 0 radical (unpaired) electrons. The van der Waals surface area contributed by atoms with E-state index < -0.39 is 23.2 Å². The van der Waals surface area contributed by atoms with Crippen molar-refractivity contribution in [2.75, 3.05) is 25.5 Å². The van der Waals surface area contributed by atoms with Gasteiger partial charge in [0, 0.05) is 13.1 Å². The second-order valence-corrected chi connectivity index (χ2v) is 8.59. The van der Waals surface area contributed by atoms with Gasteiger partial charge in [0.05, 0.1) is 23.8 Å². The van der Waals surface area contributed by atoms with E-state index in [1.165, 1.54) is 35.9 Å². The molecule has 1 saturated heterocycles. The number of methoxy groups -OCH3 is 1. The van der Waals surface area contributed by atoms with Crippen LogP contribution >= 0.6 is 11.5 Å². The lowest BCUT2D eigenvalue weighted by molar-refractivity contribution is -0.137. The molecule has 2 aromatic carbocycles. The van der Waals surface area contributed by atoms with Crippen LogP contribution in [-0.4, -0.2) is 40.5 Å². The maximum Gasteiger partial charge on any atom is 0.416 e. The van der Waals surface area contributed by atoms with Crippen molar-refractivity contribution in [2.24, 2.45) is 0 Å². The Morgan fingerprint density at radius 2 is 2.03 bits per heavy atom. The molecule has 2 amide bonds. The van der Waals surface area contributed by atoms with Gasteiger partial charge >= 0.3 is 12.2 Å². The molecule has 1 fully saturated rings. The van der Waals surface area contributed by atoms with Crippen LogP contribution in [0.2, 0.25) is 0 Å². The highest BCUT2D eigenvalue weighted by Gasteiger charge is 2.45. The fourth-order valence-corrected chi connectivity index (χ4v) is 4.72. The third-order valence-electron chi connectivity index (χ3n) is 5.82. The Hall–Kier alpha value is -3.21. The average Bonchev–Trinajstić information content (AvgIpc) is 3.46. The van der Waals surface area contributed by atoms with Gasteiger partial charge in [-0.1, -0.05) is 12.1 Å². The molecule has 11 heteroatoms. The van der Waals surface area contributed by atoms with E-state index in [9.17, 15) is 22.4 Å². The van der Waals surface area contributed by atoms with Crippen LogP contribution in [0.15, 0.2) is 42.7 Å². The van der Waals surface area contributed by atoms with Crippen molar-refractivity contribution in [3.63, 3.8) is 0 Å². The minimum Gasteiger partial charge on any atom is -0.495 e. The number of amides is 2. The van der Waals surface area contributed by atoms with Crippen molar-refractivity contribution in [3.8, 4) is 5.75 Å². The summed E-state index contributed by atoms with van der Waals surface area (Å²) in [6.45, 7) is 2.12. The number of benzene rings is 2. The van der Waals surface area contributed by atoms with Gasteiger partial charge in [-0.15, -0.1) is 0 Å². The third kappa shape index (κ3) is 4.37.